The van der Waals surface area contributed by atoms with E-state index in [0.717, 1.165) is 35.2 Å². The molecule has 6 rings (SSSR count). The molecule has 0 spiro atoms. The number of furan rings is 1. The fraction of sp³-hybridized carbons (Fsp3) is 0.214. The van der Waals surface area contributed by atoms with E-state index >= 15 is 0 Å². The molecule has 204 valence electrons. The Morgan fingerprint density at radius 2 is 1.80 bits per heavy atom. The highest BCUT2D eigenvalue weighted by Gasteiger charge is 2.26. The lowest BCUT2D eigenvalue weighted by Crippen LogP contribution is -2.49. The predicted molar refractivity (Wildman–Crippen MR) is 157 cm³/mol. The number of para-hydroxylation sites is 3. The Morgan fingerprint density at radius 3 is 2.55 bits per heavy atom. The van der Waals surface area contributed by atoms with Crippen LogP contribution in [0.15, 0.2) is 81.9 Å². The van der Waals surface area contributed by atoms with Crippen LogP contribution < -0.4 is 9.64 Å². The van der Waals surface area contributed by atoms with Crippen LogP contribution >= 0.6 is 34.7 Å². The van der Waals surface area contributed by atoms with E-state index in [-0.39, 0.29) is 5.91 Å². The summed E-state index contributed by atoms with van der Waals surface area (Å²) in [5.41, 5.74) is 2.27. The maximum absolute atomic E-state index is 13.2. The molecule has 1 aliphatic heterocycles. The van der Waals surface area contributed by atoms with Crippen LogP contribution in [0.2, 0.25) is 5.02 Å². The van der Waals surface area contributed by atoms with Gasteiger partial charge >= 0.3 is 0 Å². The number of carbonyl (C=O) groups excluding carboxylic acids is 1. The molecule has 0 radical (unpaired) electrons. The molecule has 0 aliphatic carbocycles. The van der Waals surface area contributed by atoms with Crippen molar-refractivity contribution in [2.75, 3.05) is 38.2 Å². The summed E-state index contributed by atoms with van der Waals surface area (Å²) in [5.74, 6) is 2.47. The zero-order valence-electron chi connectivity index (χ0n) is 21.6. The number of halogens is 1. The molecule has 0 saturated carbocycles. The van der Waals surface area contributed by atoms with Gasteiger partial charge in [-0.2, -0.15) is 0 Å². The highest BCUT2D eigenvalue weighted by molar-refractivity contribution is 7.98. The molecule has 0 unspecified atom stereocenters. The number of amides is 1. The van der Waals surface area contributed by atoms with Crippen molar-refractivity contribution in [1.29, 1.82) is 0 Å². The van der Waals surface area contributed by atoms with Gasteiger partial charge in [0, 0.05) is 31.6 Å². The quantitative estimate of drug-likeness (QED) is 0.206. The van der Waals surface area contributed by atoms with Crippen molar-refractivity contribution in [2.24, 2.45) is 0 Å². The number of rotatable bonds is 8. The highest BCUT2D eigenvalue weighted by atomic mass is 35.5. The number of anilines is 1. The van der Waals surface area contributed by atoms with E-state index in [1.807, 2.05) is 69.4 Å². The van der Waals surface area contributed by atoms with Gasteiger partial charge in [0.1, 0.15) is 16.5 Å². The van der Waals surface area contributed by atoms with Gasteiger partial charge < -0.3 is 19.0 Å². The average Bonchev–Trinajstić information content (AvgIpc) is 3.77. The maximum atomic E-state index is 13.2. The van der Waals surface area contributed by atoms with Crippen LogP contribution in [0, 0.1) is 0 Å². The molecule has 5 aromatic rings. The Labute approximate surface area is 244 Å². The topological polar surface area (TPSA) is 89.5 Å². The summed E-state index contributed by atoms with van der Waals surface area (Å²) in [5, 5.41) is 12.7. The molecule has 0 N–H and O–H groups in total. The van der Waals surface area contributed by atoms with Crippen LogP contribution in [0.3, 0.4) is 0 Å². The first kappa shape index (κ1) is 26.4. The van der Waals surface area contributed by atoms with Crippen molar-refractivity contribution in [3.63, 3.8) is 0 Å². The summed E-state index contributed by atoms with van der Waals surface area (Å²) < 4.78 is 13.0. The minimum absolute atomic E-state index is 0.0495. The lowest BCUT2D eigenvalue weighted by Gasteiger charge is -2.36. The van der Waals surface area contributed by atoms with Gasteiger partial charge in [-0.25, -0.2) is 4.98 Å². The number of thioether (sulfide) groups is 1. The van der Waals surface area contributed by atoms with Crippen molar-refractivity contribution in [2.45, 2.75) is 10.9 Å². The summed E-state index contributed by atoms with van der Waals surface area (Å²) in [7, 11) is 1.68. The fourth-order valence-corrected chi connectivity index (χ4v) is 6.54. The van der Waals surface area contributed by atoms with E-state index in [0.29, 0.717) is 46.3 Å². The van der Waals surface area contributed by atoms with E-state index < -0.39 is 0 Å². The molecule has 1 saturated heterocycles. The molecule has 1 fully saturated rings. The molecular weight excluding hydrogens is 568 g/mol. The van der Waals surface area contributed by atoms with Crippen molar-refractivity contribution in [1.82, 2.24) is 24.6 Å². The van der Waals surface area contributed by atoms with E-state index in [1.165, 1.54) is 23.1 Å². The third-order valence-electron chi connectivity index (χ3n) is 6.56. The minimum Gasteiger partial charge on any atom is -0.495 e. The molecule has 0 atom stereocenters. The SMILES string of the molecule is COc1ccccc1N1CCN(C(=O)c2csc(CSc3nnc(-c4ccco4)n3-c3ccccc3Cl)n2)CC1. The summed E-state index contributed by atoms with van der Waals surface area (Å²) in [6, 6.07) is 19.1. The van der Waals surface area contributed by atoms with Crippen LogP contribution in [-0.2, 0) is 5.75 Å². The minimum atomic E-state index is -0.0495. The van der Waals surface area contributed by atoms with Gasteiger partial charge in [-0.15, -0.1) is 21.5 Å². The first-order valence-electron chi connectivity index (χ1n) is 12.6. The Bertz CT molecular complexity index is 1610. The summed E-state index contributed by atoms with van der Waals surface area (Å²) in [6.45, 7) is 2.70. The van der Waals surface area contributed by atoms with Gasteiger partial charge in [0.05, 0.1) is 35.5 Å². The van der Waals surface area contributed by atoms with Crippen molar-refractivity contribution in [3.05, 3.63) is 88.0 Å². The predicted octanol–water partition coefficient (Wildman–Crippen LogP) is 5.90. The summed E-state index contributed by atoms with van der Waals surface area (Å²) in [6.07, 6.45) is 1.60. The van der Waals surface area contributed by atoms with E-state index in [2.05, 4.69) is 20.1 Å². The van der Waals surface area contributed by atoms with Crippen LogP contribution in [0.4, 0.5) is 5.69 Å². The first-order valence-corrected chi connectivity index (χ1v) is 14.9. The molecule has 1 amide bonds. The molecule has 1 aliphatic rings. The zero-order chi connectivity index (χ0) is 27.5. The molecule has 4 heterocycles. The van der Waals surface area contributed by atoms with Crippen molar-refractivity contribution < 1.29 is 13.9 Å². The summed E-state index contributed by atoms with van der Waals surface area (Å²) >= 11 is 9.47. The second-order valence-corrected chi connectivity index (χ2v) is 11.2. The van der Waals surface area contributed by atoms with E-state index in [9.17, 15) is 4.79 Å². The molecule has 9 nitrogen and oxygen atoms in total. The highest BCUT2D eigenvalue weighted by Crippen LogP contribution is 2.33. The Kier molecular flexibility index (Phi) is 7.76. The Hall–Kier alpha value is -3.80. The van der Waals surface area contributed by atoms with Gasteiger partial charge in [-0.05, 0) is 36.4 Å². The first-order chi connectivity index (χ1) is 19.6. The van der Waals surface area contributed by atoms with Gasteiger partial charge in [-0.3, -0.25) is 9.36 Å². The number of thiazole rings is 1. The maximum Gasteiger partial charge on any atom is 0.273 e. The third-order valence-corrected chi connectivity index (χ3v) is 8.85. The molecule has 12 heteroatoms. The van der Waals surface area contributed by atoms with Crippen LogP contribution in [0.25, 0.3) is 17.3 Å². The van der Waals surface area contributed by atoms with Gasteiger partial charge in [-0.1, -0.05) is 47.6 Å². The van der Waals surface area contributed by atoms with E-state index in [4.69, 9.17) is 20.8 Å². The van der Waals surface area contributed by atoms with Crippen LogP contribution in [0.5, 0.6) is 5.75 Å². The second kappa shape index (κ2) is 11.7. The standard InChI is InChI=1S/C28H25ClN6O3S2/c1-37-23-10-5-4-9-22(23)33-12-14-34(15-13-33)27(36)20-17-39-25(30-20)18-40-28-32-31-26(24-11-6-16-38-24)35(28)21-8-3-2-7-19(21)29/h2-11,16-17H,12-15,18H2,1H3. The lowest BCUT2D eigenvalue weighted by molar-refractivity contribution is 0.0741. The number of benzene rings is 2. The number of nitrogens with zero attached hydrogens (tertiary/aromatic N) is 6. The second-order valence-electron chi connectivity index (χ2n) is 8.94. The lowest BCUT2D eigenvalue weighted by atomic mass is 10.2. The number of piperazine rings is 1. The van der Waals surface area contributed by atoms with E-state index in [1.54, 1.807) is 19.4 Å². The smallest absolute Gasteiger partial charge is 0.273 e. The number of hydrogen-bond donors (Lipinski definition) is 0. The Morgan fingerprint density at radius 1 is 1.02 bits per heavy atom. The zero-order valence-corrected chi connectivity index (χ0v) is 24.0. The number of methoxy groups -OCH3 is 1. The number of carbonyl (C=O) groups is 1. The molecule has 2 aromatic carbocycles. The Balaban J connectivity index is 1.13. The molecular formula is C28H25ClN6O3S2. The summed E-state index contributed by atoms with van der Waals surface area (Å²) in [4.78, 5) is 22.0. The van der Waals surface area contributed by atoms with Gasteiger partial charge in [0.15, 0.2) is 10.9 Å². The van der Waals surface area contributed by atoms with Crippen molar-refractivity contribution in [3.8, 4) is 23.0 Å². The molecule has 40 heavy (non-hydrogen) atoms. The third kappa shape index (κ3) is 5.32. The number of hydrogen-bond acceptors (Lipinski definition) is 9. The van der Waals surface area contributed by atoms with Crippen molar-refractivity contribution >= 4 is 46.3 Å². The molecule has 3 aromatic heterocycles. The monoisotopic (exact) mass is 592 g/mol. The fourth-order valence-electron chi connectivity index (χ4n) is 4.58. The average molecular weight is 593 g/mol. The van der Waals surface area contributed by atoms with Crippen LogP contribution in [0.1, 0.15) is 15.5 Å². The largest absolute Gasteiger partial charge is 0.495 e. The number of ether oxygens (including phenoxy) is 1. The normalized spacial score (nSPS) is 13.6. The van der Waals surface area contributed by atoms with Gasteiger partial charge in [0.2, 0.25) is 5.82 Å². The van der Waals surface area contributed by atoms with Crippen LogP contribution in [-0.4, -0.2) is 63.8 Å². The van der Waals surface area contributed by atoms with Gasteiger partial charge in [0.25, 0.3) is 5.91 Å². The molecule has 0 bridgehead atoms. The number of aromatic nitrogens is 4.